The van der Waals surface area contributed by atoms with Crippen LogP contribution >= 0.6 is 0 Å². The SMILES string of the molecule is CC1(C)C(O[N+](=O)[O-])CC(O[N+](=O)[O-])C(O[N+](=O)[O-])C(C)(C)N1[O]. The Morgan fingerprint density at radius 1 is 0.875 bits per heavy atom. The van der Waals surface area contributed by atoms with Crippen molar-refractivity contribution in [1.82, 2.24) is 5.06 Å². The van der Waals surface area contributed by atoms with Gasteiger partial charge in [-0.25, -0.2) is 0 Å². The molecule has 1 heterocycles. The van der Waals surface area contributed by atoms with E-state index in [0.29, 0.717) is 5.06 Å². The number of rotatable bonds is 6. The maximum absolute atomic E-state index is 12.7. The third-order valence-electron chi connectivity index (χ3n) is 3.95. The Balaban J connectivity index is 3.39. The summed E-state index contributed by atoms with van der Waals surface area (Å²) in [7, 11) is 0. The maximum Gasteiger partial charge on any atom is 0.294 e. The minimum Gasteiger partial charge on any atom is -0.308 e. The summed E-state index contributed by atoms with van der Waals surface area (Å²) in [5.74, 6) is 0. The molecule has 0 aromatic heterocycles. The summed E-state index contributed by atoms with van der Waals surface area (Å²) in [6, 6.07) is 0. The van der Waals surface area contributed by atoms with Crippen molar-refractivity contribution in [3.05, 3.63) is 30.3 Å². The van der Waals surface area contributed by atoms with Gasteiger partial charge < -0.3 is 14.5 Å². The molecule has 1 saturated heterocycles. The van der Waals surface area contributed by atoms with Crippen LogP contribution in [0.15, 0.2) is 0 Å². The van der Waals surface area contributed by atoms with Crippen molar-refractivity contribution in [2.24, 2.45) is 0 Å². The molecule has 3 unspecified atom stereocenters. The predicted molar refractivity (Wildman–Crippen MR) is 70.9 cm³/mol. The molecule has 0 aromatic rings. The second-order valence-corrected chi connectivity index (χ2v) is 6.27. The number of hydroxylamine groups is 2. The average Bonchev–Trinajstić information content (AvgIpc) is 2.43. The van der Waals surface area contributed by atoms with Crippen LogP contribution in [0.3, 0.4) is 0 Å². The zero-order chi connectivity index (χ0) is 18.9. The smallest absolute Gasteiger partial charge is 0.294 e. The van der Waals surface area contributed by atoms with E-state index < -0.39 is 51.1 Å². The lowest BCUT2D eigenvalue weighted by molar-refractivity contribution is -0.803. The Hall–Kier alpha value is -2.48. The molecule has 0 saturated carbocycles. The van der Waals surface area contributed by atoms with Crippen molar-refractivity contribution < 1.29 is 35.0 Å². The highest BCUT2D eigenvalue weighted by atomic mass is 17.0. The molecule has 24 heavy (non-hydrogen) atoms. The van der Waals surface area contributed by atoms with Gasteiger partial charge in [-0.05, 0) is 27.7 Å². The van der Waals surface area contributed by atoms with E-state index in [9.17, 15) is 35.6 Å². The molecule has 1 aliphatic rings. The van der Waals surface area contributed by atoms with Gasteiger partial charge in [-0.2, -0.15) is 0 Å². The molecule has 0 aromatic carbocycles. The summed E-state index contributed by atoms with van der Waals surface area (Å²) in [6.07, 6.45) is -5.32. The molecule has 137 valence electrons. The molecular formula is C10H17N4O10. The second-order valence-electron chi connectivity index (χ2n) is 6.27. The number of hydrogen-bond acceptors (Lipinski definition) is 10. The standard InChI is InChI=1S/C10H17N4O10/c1-9(2)7(23-13(18)19)5-6(22-12(16)17)8(24-14(20)21)10(3,4)11(9)15/h6-8H,5H2,1-4H3. The number of hydrogen-bond donors (Lipinski definition) is 0. The molecule has 0 aliphatic carbocycles. The van der Waals surface area contributed by atoms with Gasteiger partial charge in [0.05, 0.1) is 11.1 Å². The number of nitrogens with zero attached hydrogens (tertiary/aromatic N) is 4. The summed E-state index contributed by atoms with van der Waals surface area (Å²) < 4.78 is 0. The summed E-state index contributed by atoms with van der Waals surface area (Å²) >= 11 is 0. The van der Waals surface area contributed by atoms with Crippen LogP contribution in [0.5, 0.6) is 0 Å². The lowest BCUT2D eigenvalue weighted by Crippen LogP contribution is -2.62. The van der Waals surface area contributed by atoms with E-state index in [-0.39, 0.29) is 0 Å². The lowest BCUT2D eigenvalue weighted by atomic mass is 9.92. The van der Waals surface area contributed by atoms with Gasteiger partial charge >= 0.3 is 0 Å². The van der Waals surface area contributed by atoms with Crippen LogP contribution in [-0.4, -0.2) is 49.7 Å². The van der Waals surface area contributed by atoms with Crippen LogP contribution in [0.1, 0.15) is 34.1 Å². The van der Waals surface area contributed by atoms with E-state index in [1.54, 1.807) is 0 Å². The van der Waals surface area contributed by atoms with Crippen molar-refractivity contribution in [2.75, 3.05) is 0 Å². The fourth-order valence-corrected chi connectivity index (χ4v) is 2.84. The van der Waals surface area contributed by atoms with Crippen molar-refractivity contribution in [1.29, 1.82) is 0 Å². The van der Waals surface area contributed by atoms with Gasteiger partial charge in [0, 0.05) is 6.42 Å². The predicted octanol–water partition coefficient (Wildman–Crippen LogP) is 0.326. The quantitative estimate of drug-likeness (QED) is 0.476. The second kappa shape index (κ2) is 6.56. The van der Waals surface area contributed by atoms with Gasteiger partial charge in [0.1, 0.15) is 12.2 Å². The Bertz CT molecular complexity index is 524. The van der Waals surface area contributed by atoms with Crippen LogP contribution in [0.4, 0.5) is 0 Å². The molecule has 14 heteroatoms. The van der Waals surface area contributed by atoms with Gasteiger partial charge in [0.25, 0.3) is 15.3 Å². The molecule has 1 aliphatic heterocycles. The van der Waals surface area contributed by atoms with Gasteiger partial charge in [0.15, 0.2) is 6.10 Å². The average molecular weight is 353 g/mol. The zero-order valence-electron chi connectivity index (χ0n) is 13.3. The van der Waals surface area contributed by atoms with E-state index in [2.05, 4.69) is 14.5 Å². The minimum absolute atomic E-state index is 0.339. The van der Waals surface area contributed by atoms with Crippen molar-refractivity contribution in [3.63, 3.8) is 0 Å². The highest BCUT2D eigenvalue weighted by Crippen LogP contribution is 2.39. The van der Waals surface area contributed by atoms with E-state index in [1.807, 2.05) is 0 Å². The Labute approximate surface area is 135 Å². The monoisotopic (exact) mass is 353 g/mol. The van der Waals surface area contributed by atoms with Crippen molar-refractivity contribution in [2.45, 2.75) is 63.5 Å². The fraction of sp³-hybridized carbons (Fsp3) is 1.00. The molecule has 3 atom stereocenters. The molecule has 14 nitrogen and oxygen atoms in total. The third kappa shape index (κ3) is 3.88. The first-order chi connectivity index (χ1) is 10.8. The summed E-state index contributed by atoms with van der Waals surface area (Å²) in [4.78, 5) is 45.4. The molecule has 1 rings (SSSR count). The van der Waals surface area contributed by atoms with Gasteiger partial charge in [-0.3, -0.25) is 0 Å². The molecule has 0 amide bonds. The van der Waals surface area contributed by atoms with Crippen LogP contribution in [0.2, 0.25) is 0 Å². The highest BCUT2D eigenvalue weighted by molar-refractivity contribution is 5.03. The van der Waals surface area contributed by atoms with Gasteiger partial charge in [-0.15, -0.1) is 40.6 Å². The largest absolute Gasteiger partial charge is 0.308 e. The first-order valence-corrected chi connectivity index (χ1v) is 6.71. The van der Waals surface area contributed by atoms with Crippen molar-refractivity contribution in [3.8, 4) is 0 Å². The van der Waals surface area contributed by atoms with E-state index in [0.717, 1.165) is 0 Å². The molecule has 1 radical (unpaired) electrons. The zero-order valence-corrected chi connectivity index (χ0v) is 13.3. The van der Waals surface area contributed by atoms with E-state index in [4.69, 9.17) is 0 Å². The molecule has 0 spiro atoms. The minimum atomic E-state index is -1.69. The Kier molecular flexibility index (Phi) is 5.35. The highest BCUT2D eigenvalue weighted by Gasteiger charge is 2.57. The normalized spacial score (nSPS) is 29.1. The first-order valence-electron chi connectivity index (χ1n) is 6.71. The third-order valence-corrected chi connectivity index (χ3v) is 3.95. The Morgan fingerprint density at radius 3 is 1.75 bits per heavy atom. The van der Waals surface area contributed by atoms with Crippen LogP contribution in [-0.2, 0) is 19.7 Å². The summed E-state index contributed by atoms with van der Waals surface area (Å²) in [5, 5.41) is 41.5. The van der Waals surface area contributed by atoms with E-state index in [1.165, 1.54) is 27.7 Å². The summed E-state index contributed by atoms with van der Waals surface area (Å²) in [5.41, 5.74) is -3.24. The van der Waals surface area contributed by atoms with Gasteiger partial charge in [0.2, 0.25) is 0 Å². The lowest BCUT2D eigenvalue weighted by Gasteiger charge is -2.44. The van der Waals surface area contributed by atoms with Gasteiger partial charge in [-0.1, -0.05) is 0 Å². The topological polar surface area (TPSA) is 180 Å². The molecule has 1 fully saturated rings. The molecule has 0 N–H and O–H groups in total. The first kappa shape index (κ1) is 19.6. The van der Waals surface area contributed by atoms with E-state index >= 15 is 0 Å². The fourth-order valence-electron chi connectivity index (χ4n) is 2.84. The summed E-state index contributed by atoms with van der Waals surface area (Å²) in [6.45, 7) is 5.13. The van der Waals surface area contributed by atoms with Crippen LogP contribution in [0.25, 0.3) is 0 Å². The molecule has 0 bridgehead atoms. The molecular weight excluding hydrogens is 336 g/mol. The van der Waals surface area contributed by atoms with Crippen LogP contribution < -0.4 is 0 Å². The van der Waals surface area contributed by atoms with Crippen molar-refractivity contribution >= 4 is 0 Å². The Morgan fingerprint density at radius 2 is 1.33 bits per heavy atom. The maximum atomic E-state index is 12.7. The van der Waals surface area contributed by atoms with Crippen LogP contribution in [0, 0.1) is 30.3 Å².